The Balaban J connectivity index is 1.87. The van der Waals surface area contributed by atoms with Crippen molar-refractivity contribution in [2.24, 2.45) is 5.92 Å². The zero-order chi connectivity index (χ0) is 14.6. The number of piperidine rings is 1. The van der Waals surface area contributed by atoms with Crippen LogP contribution >= 0.6 is 0 Å². The van der Waals surface area contributed by atoms with Crippen LogP contribution in [0, 0.1) is 5.92 Å². The molecule has 1 aromatic rings. The highest BCUT2D eigenvalue weighted by Gasteiger charge is 2.35. The van der Waals surface area contributed by atoms with E-state index in [9.17, 15) is 13.6 Å². The Morgan fingerprint density at radius 1 is 1.25 bits per heavy atom. The minimum atomic E-state index is -2.86. The maximum Gasteiger partial charge on any atom is 0.303 e. The summed E-state index contributed by atoms with van der Waals surface area (Å²) in [5, 5.41) is 8.73. The highest BCUT2D eigenvalue weighted by Crippen LogP contribution is 2.30. The second kappa shape index (κ2) is 6.31. The van der Waals surface area contributed by atoms with Crippen LogP contribution < -0.4 is 0 Å². The largest absolute Gasteiger partial charge is 0.481 e. The molecule has 1 aliphatic heterocycles. The molecule has 1 fully saturated rings. The monoisotopic (exact) mass is 283 g/mol. The summed E-state index contributed by atoms with van der Waals surface area (Å²) in [6.45, 7) is 0.789. The molecule has 2 rings (SSSR count). The number of benzene rings is 1. The molecule has 0 amide bonds. The summed E-state index contributed by atoms with van der Waals surface area (Å²) in [6, 6.07) is 7.83. The maximum absolute atomic E-state index is 14.1. The van der Waals surface area contributed by atoms with E-state index in [4.69, 9.17) is 5.11 Å². The molecule has 5 heteroatoms. The Morgan fingerprint density at radius 3 is 2.40 bits per heavy atom. The van der Waals surface area contributed by atoms with Crippen molar-refractivity contribution in [3.05, 3.63) is 35.9 Å². The third-order valence-electron chi connectivity index (χ3n) is 3.79. The molecule has 1 saturated heterocycles. The number of carboxylic acids is 1. The van der Waals surface area contributed by atoms with Crippen molar-refractivity contribution < 1.29 is 18.7 Å². The predicted molar refractivity (Wildman–Crippen MR) is 71.8 cm³/mol. The number of nitrogens with zero attached hydrogens (tertiary/aromatic N) is 1. The Morgan fingerprint density at radius 2 is 1.85 bits per heavy atom. The van der Waals surface area contributed by atoms with Gasteiger partial charge in [-0.25, -0.2) is 0 Å². The second-order valence-electron chi connectivity index (χ2n) is 5.39. The summed E-state index contributed by atoms with van der Waals surface area (Å²) in [5.74, 6) is -3.55. The fraction of sp³-hybridized carbons (Fsp3) is 0.533. The summed E-state index contributed by atoms with van der Waals surface area (Å²) in [5.41, 5.74) is 0.0349. The number of halogens is 2. The third kappa shape index (κ3) is 4.00. The highest BCUT2D eigenvalue weighted by atomic mass is 19.3. The van der Waals surface area contributed by atoms with E-state index >= 15 is 0 Å². The van der Waals surface area contributed by atoms with Crippen LogP contribution in [0.3, 0.4) is 0 Å². The van der Waals surface area contributed by atoms with Crippen LogP contribution in [-0.4, -0.2) is 35.6 Å². The van der Waals surface area contributed by atoms with Crippen molar-refractivity contribution in [2.75, 3.05) is 19.6 Å². The van der Waals surface area contributed by atoms with Crippen LogP contribution in [0.5, 0.6) is 0 Å². The standard InChI is InChI=1S/C15H19F2NO2/c16-15(17,13-4-2-1-3-5-13)11-18-8-6-12(7-9-18)10-14(19)20/h1-5,12H,6-11H2,(H,19,20). The molecule has 0 bridgehead atoms. The molecule has 0 unspecified atom stereocenters. The van der Waals surface area contributed by atoms with Gasteiger partial charge in [-0.15, -0.1) is 0 Å². The molecule has 1 aliphatic rings. The van der Waals surface area contributed by atoms with E-state index in [0.29, 0.717) is 25.9 Å². The lowest BCUT2D eigenvalue weighted by molar-refractivity contribution is -0.138. The van der Waals surface area contributed by atoms with Gasteiger partial charge in [-0.1, -0.05) is 30.3 Å². The van der Waals surface area contributed by atoms with Gasteiger partial charge in [0.1, 0.15) is 0 Å². The first-order valence-corrected chi connectivity index (χ1v) is 6.85. The van der Waals surface area contributed by atoms with Crippen molar-refractivity contribution in [3.63, 3.8) is 0 Å². The Kier molecular flexibility index (Phi) is 4.70. The molecule has 110 valence electrons. The number of carboxylic acid groups (broad SMARTS) is 1. The molecule has 3 nitrogen and oxygen atoms in total. The van der Waals surface area contributed by atoms with Crippen molar-refractivity contribution >= 4 is 5.97 Å². The third-order valence-corrected chi connectivity index (χ3v) is 3.79. The summed E-state index contributed by atoms with van der Waals surface area (Å²) in [7, 11) is 0. The van der Waals surface area contributed by atoms with E-state index in [1.54, 1.807) is 23.1 Å². The predicted octanol–water partition coefficient (Wildman–Crippen LogP) is 2.97. The minimum absolute atomic E-state index is 0.0349. The first kappa shape index (κ1) is 14.9. The van der Waals surface area contributed by atoms with Gasteiger partial charge in [0.2, 0.25) is 0 Å². The number of carbonyl (C=O) groups is 1. The molecule has 0 spiro atoms. The molecule has 0 aliphatic carbocycles. The molecule has 20 heavy (non-hydrogen) atoms. The van der Waals surface area contributed by atoms with Crippen LogP contribution in [0.15, 0.2) is 30.3 Å². The number of aliphatic carboxylic acids is 1. The quantitative estimate of drug-likeness (QED) is 0.903. The maximum atomic E-state index is 14.1. The van der Waals surface area contributed by atoms with E-state index in [1.807, 2.05) is 0 Å². The lowest BCUT2D eigenvalue weighted by atomic mass is 9.93. The average Bonchev–Trinajstić information content (AvgIpc) is 2.41. The summed E-state index contributed by atoms with van der Waals surface area (Å²) in [6.07, 6.45) is 1.50. The lowest BCUT2D eigenvalue weighted by Gasteiger charge is -2.33. The zero-order valence-electron chi connectivity index (χ0n) is 11.3. The Bertz CT molecular complexity index is 442. The van der Waals surface area contributed by atoms with E-state index in [2.05, 4.69) is 0 Å². The molecule has 0 saturated carbocycles. The number of likely N-dealkylation sites (tertiary alicyclic amines) is 1. The summed E-state index contributed by atoms with van der Waals surface area (Å²) >= 11 is 0. The lowest BCUT2D eigenvalue weighted by Crippen LogP contribution is -2.41. The van der Waals surface area contributed by atoms with Crippen molar-refractivity contribution in [2.45, 2.75) is 25.2 Å². The van der Waals surface area contributed by atoms with Crippen LogP contribution in [0.4, 0.5) is 8.78 Å². The van der Waals surface area contributed by atoms with E-state index < -0.39 is 11.9 Å². The van der Waals surface area contributed by atoms with Crippen molar-refractivity contribution in [1.29, 1.82) is 0 Å². The molecule has 0 atom stereocenters. The summed E-state index contributed by atoms with van der Waals surface area (Å²) < 4.78 is 28.2. The first-order valence-electron chi connectivity index (χ1n) is 6.85. The first-order chi connectivity index (χ1) is 9.47. The van der Waals surface area contributed by atoms with E-state index in [0.717, 1.165) is 0 Å². The zero-order valence-corrected chi connectivity index (χ0v) is 11.3. The number of hydrogen-bond donors (Lipinski definition) is 1. The van der Waals surface area contributed by atoms with Crippen molar-refractivity contribution in [3.8, 4) is 0 Å². The fourth-order valence-corrected chi connectivity index (χ4v) is 2.65. The SMILES string of the molecule is O=C(O)CC1CCN(CC(F)(F)c2ccccc2)CC1. The second-order valence-corrected chi connectivity index (χ2v) is 5.39. The molecular weight excluding hydrogens is 264 g/mol. The van der Waals surface area contributed by atoms with Gasteiger partial charge < -0.3 is 5.11 Å². The normalized spacial score (nSPS) is 18.1. The van der Waals surface area contributed by atoms with Crippen molar-refractivity contribution in [1.82, 2.24) is 4.90 Å². The van der Waals surface area contributed by atoms with Crippen LogP contribution in [0.25, 0.3) is 0 Å². The van der Waals surface area contributed by atoms with Gasteiger partial charge in [-0.05, 0) is 31.8 Å². The fourth-order valence-electron chi connectivity index (χ4n) is 2.65. The average molecular weight is 283 g/mol. The van der Waals surface area contributed by atoms with E-state index in [-0.39, 0.29) is 24.4 Å². The van der Waals surface area contributed by atoms with Crippen LogP contribution in [-0.2, 0) is 10.7 Å². The molecular formula is C15H19F2NO2. The van der Waals surface area contributed by atoms with Gasteiger partial charge in [0.15, 0.2) is 0 Å². The van der Waals surface area contributed by atoms with Crippen LogP contribution in [0.1, 0.15) is 24.8 Å². The molecule has 0 aromatic heterocycles. The number of hydrogen-bond acceptors (Lipinski definition) is 2. The van der Waals surface area contributed by atoms with Gasteiger partial charge in [-0.3, -0.25) is 9.69 Å². The molecule has 0 radical (unpaired) electrons. The molecule has 1 aromatic carbocycles. The van der Waals surface area contributed by atoms with Gasteiger partial charge >= 0.3 is 5.97 Å². The molecule has 1 N–H and O–H groups in total. The Hall–Kier alpha value is -1.49. The minimum Gasteiger partial charge on any atom is -0.481 e. The van der Waals surface area contributed by atoms with Gasteiger partial charge in [0.05, 0.1) is 6.54 Å². The smallest absolute Gasteiger partial charge is 0.303 e. The number of alkyl halides is 2. The Labute approximate surface area is 117 Å². The molecule has 1 heterocycles. The van der Waals surface area contributed by atoms with Crippen LogP contribution in [0.2, 0.25) is 0 Å². The highest BCUT2D eigenvalue weighted by molar-refractivity contribution is 5.67. The summed E-state index contributed by atoms with van der Waals surface area (Å²) in [4.78, 5) is 12.4. The van der Waals surface area contributed by atoms with E-state index in [1.165, 1.54) is 12.1 Å². The number of rotatable bonds is 5. The van der Waals surface area contributed by atoms with Gasteiger partial charge in [0, 0.05) is 12.0 Å². The topological polar surface area (TPSA) is 40.5 Å². The van der Waals surface area contributed by atoms with Gasteiger partial charge in [0.25, 0.3) is 5.92 Å². The van der Waals surface area contributed by atoms with Gasteiger partial charge in [-0.2, -0.15) is 8.78 Å².